The second kappa shape index (κ2) is 10.2. The summed E-state index contributed by atoms with van der Waals surface area (Å²) in [4.78, 5) is 11.8. The van der Waals surface area contributed by atoms with E-state index in [9.17, 15) is 4.79 Å². The second-order valence-electron chi connectivity index (χ2n) is 6.80. The van der Waals surface area contributed by atoms with Crippen LogP contribution in [0.25, 0.3) is 0 Å². The first kappa shape index (κ1) is 19.4. The molecule has 3 N–H and O–H groups in total. The highest BCUT2D eigenvalue weighted by Crippen LogP contribution is 2.31. The van der Waals surface area contributed by atoms with E-state index in [1.165, 1.54) is 0 Å². The maximum absolute atomic E-state index is 11.8. The Labute approximate surface area is 124 Å². The molecule has 0 aromatic heterocycles. The standard InChI is InChI=1S/C16H34N2O2/c1-13(2)20-12-6-11-18-15(19)8-7-14(9-10-17)16(3,4)5/h13-14H,6-12,17H2,1-5H3,(H,18,19). The fourth-order valence-electron chi connectivity index (χ4n) is 2.22. The van der Waals surface area contributed by atoms with E-state index in [-0.39, 0.29) is 17.4 Å². The molecule has 0 rings (SSSR count). The molecule has 0 aliphatic heterocycles. The number of rotatable bonds is 10. The maximum atomic E-state index is 11.8. The zero-order valence-corrected chi connectivity index (χ0v) is 14.0. The van der Waals surface area contributed by atoms with E-state index < -0.39 is 0 Å². The molecule has 4 nitrogen and oxygen atoms in total. The van der Waals surface area contributed by atoms with Crippen molar-refractivity contribution in [2.24, 2.45) is 17.1 Å². The monoisotopic (exact) mass is 286 g/mol. The summed E-state index contributed by atoms with van der Waals surface area (Å²) >= 11 is 0. The molecule has 1 atom stereocenters. The van der Waals surface area contributed by atoms with Gasteiger partial charge in [-0.2, -0.15) is 0 Å². The van der Waals surface area contributed by atoms with Crippen LogP contribution >= 0.6 is 0 Å². The number of ether oxygens (including phenoxy) is 1. The Morgan fingerprint density at radius 2 is 1.90 bits per heavy atom. The molecule has 1 amide bonds. The number of amides is 1. The van der Waals surface area contributed by atoms with Crippen LogP contribution in [0, 0.1) is 11.3 Å². The van der Waals surface area contributed by atoms with Crippen LogP contribution in [0.5, 0.6) is 0 Å². The van der Waals surface area contributed by atoms with E-state index in [2.05, 4.69) is 26.1 Å². The third-order valence-electron chi connectivity index (χ3n) is 3.55. The van der Waals surface area contributed by atoms with Gasteiger partial charge in [-0.1, -0.05) is 20.8 Å². The first-order valence-electron chi connectivity index (χ1n) is 7.85. The molecule has 0 heterocycles. The van der Waals surface area contributed by atoms with E-state index >= 15 is 0 Å². The Kier molecular flexibility index (Phi) is 9.86. The molecule has 1 unspecified atom stereocenters. The van der Waals surface area contributed by atoms with Crippen LogP contribution < -0.4 is 11.1 Å². The molecule has 0 fully saturated rings. The molecule has 120 valence electrons. The van der Waals surface area contributed by atoms with Gasteiger partial charge >= 0.3 is 0 Å². The van der Waals surface area contributed by atoms with E-state index in [0.717, 1.165) is 19.3 Å². The SMILES string of the molecule is CC(C)OCCCNC(=O)CCC(CCN)C(C)(C)C. The number of hydrogen-bond donors (Lipinski definition) is 2. The largest absolute Gasteiger partial charge is 0.379 e. The first-order valence-corrected chi connectivity index (χ1v) is 7.85. The van der Waals surface area contributed by atoms with Gasteiger partial charge < -0.3 is 15.8 Å². The number of nitrogens with one attached hydrogen (secondary N) is 1. The van der Waals surface area contributed by atoms with Crippen molar-refractivity contribution >= 4 is 5.91 Å². The fourth-order valence-corrected chi connectivity index (χ4v) is 2.22. The molecule has 0 saturated carbocycles. The van der Waals surface area contributed by atoms with Crippen LogP contribution in [-0.2, 0) is 9.53 Å². The number of hydrogen-bond acceptors (Lipinski definition) is 3. The molecule has 20 heavy (non-hydrogen) atoms. The van der Waals surface area contributed by atoms with Gasteiger partial charge in [0.2, 0.25) is 5.91 Å². The molecule has 0 bridgehead atoms. The lowest BCUT2D eigenvalue weighted by Crippen LogP contribution is -2.28. The lowest BCUT2D eigenvalue weighted by atomic mass is 9.76. The van der Waals surface area contributed by atoms with Crippen LogP contribution in [0.3, 0.4) is 0 Å². The summed E-state index contributed by atoms with van der Waals surface area (Å²) in [6.07, 6.45) is 3.62. The van der Waals surface area contributed by atoms with Crippen molar-refractivity contribution in [3.8, 4) is 0 Å². The molecule has 0 aliphatic rings. The highest BCUT2D eigenvalue weighted by atomic mass is 16.5. The highest BCUT2D eigenvalue weighted by molar-refractivity contribution is 5.75. The minimum Gasteiger partial charge on any atom is -0.379 e. The predicted octanol–water partition coefficient (Wildman–Crippen LogP) is 2.71. The molecule has 0 aliphatic carbocycles. The zero-order chi connectivity index (χ0) is 15.6. The van der Waals surface area contributed by atoms with Crippen LogP contribution in [0.4, 0.5) is 0 Å². The van der Waals surface area contributed by atoms with Crippen molar-refractivity contribution in [3.05, 3.63) is 0 Å². The fraction of sp³-hybridized carbons (Fsp3) is 0.938. The Balaban J connectivity index is 3.80. The molecule has 0 spiro atoms. The van der Waals surface area contributed by atoms with Gasteiger partial charge in [0.25, 0.3) is 0 Å². The van der Waals surface area contributed by atoms with Gasteiger partial charge in [0.05, 0.1) is 6.10 Å². The zero-order valence-electron chi connectivity index (χ0n) is 14.0. The second-order valence-corrected chi connectivity index (χ2v) is 6.80. The summed E-state index contributed by atoms with van der Waals surface area (Å²) in [6.45, 7) is 12.8. The van der Waals surface area contributed by atoms with Crippen LogP contribution in [0.15, 0.2) is 0 Å². The number of nitrogens with two attached hydrogens (primary N) is 1. The normalized spacial score (nSPS) is 13.6. The van der Waals surface area contributed by atoms with Crippen molar-refractivity contribution in [2.75, 3.05) is 19.7 Å². The van der Waals surface area contributed by atoms with Gasteiger partial charge in [0, 0.05) is 19.6 Å². The third kappa shape index (κ3) is 10.2. The average Bonchev–Trinajstić information content (AvgIpc) is 2.32. The van der Waals surface area contributed by atoms with Crippen molar-refractivity contribution in [2.45, 2.75) is 66.4 Å². The molecular formula is C16H34N2O2. The van der Waals surface area contributed by atoms with Crippen LogP contribution in [-0.4, -0.2) is 31.7 Å². The van der Waals surface area contributed by atoms with E-state index in [4.69, 9.17) is 10.5 Å². The van der Waals surface area contributed by atoms with Crippen molar-refractivity contribution in [1.29, 1.82) is 0 Å². The first-order chi connectivity index (χ1) is 9.27. The minimum absolute atomic E-state index is 0.140. The molecule has 0 radical (unpaired) electrons. The van der Waals surface area contributed by atoms with Gasteiger partial charge in [-0.25, -0.2) is 0 Å². The molecule has 0 aromatic rings. The summed E-state index contributed by atoms with van der Waals surface area (Å²) in [7, 11) is 0. The van der Waals surface area contributed by atoms with Crippen LogP contribution in [0.2, 0.25) is 0 Å². The Hall–Kier alpha value is -0.610. The van der Waals surface area contributed by atoms with Crippen molar-refractivity contribution in [1.82, 2.24) is 5.32 Å². The number of carbonyl (C=O) groups is 1. The van der Waals surface area contributed by atoms with Gasteiger partial charge in [-0.05, 0) is 51.0 Å². The Morgan fingerprint density at radius 3 is 2.40 bits per heavy atom. The summed E-state index contributed by atoms with van der Waals surface area (Å²) in [6, 6.07) is 0. The van der Waals surface area contributed by atoms with Crippen LogP contribution in [0.1, 0.15) is 60.3 Å². The van der Waals surface area contributed by atoms with Gasteiger partial charge in [-0.3, -0.25) is 4.79 Å². The van der Waals surface area contributed by atoms with E-state index in [0.29, 0.717) is 32.0 Å². The lowest BCUT2D eigenvalue weighted by molar-refractivity contribution is -0.121. The maximum Gasteiger partial charge on any atom is 0.220 e. The number of carbonyl (C=O) groups excluding carboxylic acids is 1. The summed E-state index contributed by atoms with van der Waals surface area (Å²) in [5.41, 5.74) is 5.87. The molecule has 4 heteroatoms. The predicted molar refractivity (Wildman–Crippen MR) is 84.6 cm³/mol. The van der Waals surface area contributed by atoms with E-state index in [1.807, 2.05) is 13.8 Å². The van der Waals surface area contributed by atoms with Gasteiger partial charge in [0.15, 0.2) is 0 Å². The van der Waals surface area contributed by atoms with Gasteiger partial charge in [-0.15, -0.1) is 0 Å². The third-order valence-corrected chi connectivity index (χ3v) is 3.55. The lowest BCUT2D eigenvalue weighted by Gasteiger charge is -2.30. The van der Waals surface area contributed by atoms with Crippen molar-refractivity contribution < 1.29 is 9.53 Å². The molecule has 0 saturated heterocycles. The van der Waals surface area contributed by atoms with Gasteiger partial charge in [0.1, 0.15) is 0 Å². The highest BCUT2D eigenvalue weighted by Gasteiger charge is 2.24. The summed E-state index contributed by atoms with van der Waals surface area (Å²) < 4.78 is 5.43. The smallest absolute Gasteiger partial charge is 0.220 e. The Bertz CT molecular complexity index is 260. The summed E-state index contributed by atoms with van der Waals surface area (Å²) in [5, 5.41) is 2.96. The van der Waals surface area contributed by atoms with Crippen molar-refractivity contribution in [3.63, 3.8) is 0 Å². The van der Waals surface area contributed by atoms with E-state index in [1.54, 1.807) is 0 Å². The Morgan fingerprint density at radius 1 is 1.25 bits per heavy atom. The average molecular weight is 286 g/mol. The molecular weight excluding hydrogens is 252 g/mol. The quantitative estimate of drug-likeness (QED) is 0.607. The minimum atomic E-state index is 0.140. The summed E-state index contributed by atoms with van der Waals surface area (Å²) in [5.74, 6) is 0.642. The topological polar surface area (TPSA) is 64.3 Å². The molecule has 0 aromatic carbocycles.